The lowest BCUT2D eigenvalue weighted by Gasteiger charge is -2.14. The van der Waals surface area contributed by atoms with Gasteiger partial charge in [0.1, 0.15) is 12.4 Å². The largest absolute Gasteiger partial charge is 0.461 e. The Balaban J connectivity index is 1.63. The highest BCUT2D eigenvalue weighted by Gasteiger charge is 2.37. The zero-order chi connectivity index (χ0) is 24.4. The number of halogens is 2. The molecule has 0 N–H and O–H groups in total. The molecule has 1 aromatic heterocycles. The van der Waals surface area contributed by atoms with Crippen LogP contribution in [0.1, 0.15) is 31.4 Å². The van der Waals surface area contributed by atoms with Gasteiger partial charge in [-0.15, -0.1) is 0 Å². The van der Waals surface area contributed by atoms with Crippen LogP contribution in [0.3, 0.4) is 0 Å². The molecule has 0 radical (unpaired) electrons. The minimum absolute atomic E-state index is 0.197. The van der Waals surface area contributed by atoms with Gasteiger partial charge >= 0.3 is 5.97 Å². The summed E-state index contributed by atoms with van der Waals surface area (Å²) in [5, 5.41) is 0.627. The van der Waals surface area contributed by atoms with E-state index < -0.39 is 29.5 Å². The third kappa shape index (κ3) is 4.88. The first-order chi connectivity index (χ1) is 16.3. The van der Waals surface area contributed by atoms with E-state index in [4.69, 9.17) is 16.3 Å². The van der Waals surface area contributed by atoms with E-state index in [2.05, 4.69) is 0 Å². The highest BCUT2D eigenvalue weighted by Crippen LogP contribution is 2.34. The zero-order valence-corrected chi connectivity index (χ0v) is 20.2. The Hall–Kier alpha value is -3.10. The van der Waals surface area contributed by atoms with E-state index in [0.717, 1.165) is 27.6 Å². The number of carbonyl (C=O) groups excluding carboxylic acids is 3. The number of thioether (sulfide) groups is 1. The lowest BCUT2D eigenvalue weighted by Crippen LogP contribution is -2.35. The Morgan fingerprint density at radius 2 is 1.97 bits per heavy atom. The molecule has 1 fully saturated rings. The topological polar surface area (TPSA) is 68.6 Å². The zero-order valence-electron chi connectivity index (χ0n) is 18.6. The van der Waals surface area contributed by atoms with Crippen LogP contribution < -0.4 is 0 Å². The molecule has 4 rings (SSSR count). The van der Waals surface area contributed by atoms with E-state index in [1.165, 1.54) is 6.07 Å². The van der Waals surface area contributed by atoms with Crippen molar-refractivity contribution in [1.29, 1.82) is 0 Å². The van der Waals surface area contributed by atoms with E-state index in [-0.39, 0.29) is 17.6 Å². The molecule has 1 saturated heterocycles. The summed E-state index contributed by atoms with van der Waals surface area (Å²) in [6.45, 7) is 3.38. The summed E-state index contributed by atoms with van der Waals surface area (Å²) in [5.41, 5.74) is 1.87. The number of esters is 1. The van der Waals surface area contributed by atoms with Gasteiger partial charge in [0.25, 0.3) is 11.1 Å². The maximum Gasteiger partial charge on any atom is 0.326 e. The Bertz CT molecular complexity index is 1300. The van der Waals surface area contributed by atoms with Crippen LogP contribution in [0.25, 0.3) is 17.0 Å². The molecule has 0 aliphatic carbocycles. The van der Waals surface area contributed by atoms with Crippen LogP contribution >= 0.6 is 23.4 Å². The first kappa shape index (κ1) is 24.0. The van der Waals surface area contributed by atoms with E-state index in [9.17, 15) is 18.8 Å². The van der Waals surface area contributed by atoms with Crippen molar-refractivity contribution in [3.63, 3.8) is 0 Å². The smallest absolute Gasteiger partial charge is 0.326 e. The van der Waals surface area contributed by atoms with Crippen molar-refractivity contribution in [3.8, 4) is 0 Å². The summed E-state index contributed by atoms with van der Waals surface area (Å²) < 4.78 is 21.4. The van der Waals surface area contributed by atoms with Gasteiger partial charge in [0.2, 0.25) is 0 Å². The molecule has 0 unspecified atom stereocenters. The second kappa shape index (κ2) is 10.0. The molecule has 3 aromatic rings. The number of amides is 2. The third-order valence-electron chi connectivity index (χ3n) is 5.56. The molecule has 1 atom stereocenters. The van der Waals surface area contributed by atoms with Crippen LogP contribution in [0.5, 0.6) is 0 Å². The predicted molar refractivity (Wildman–Crippen MR) is 131 cm³/mol. The Morgan fingerprint density at radius 3 is 2.71 bits per heavy atom. The normalized spacial score (nSPS) is 16.0. The van der Waals surface area contributed by atoms with Crippen molar-refractivity contribution >= 4 is 57.5 Å². The lowest BCUT2D eigenvalue weighted by atomic mass is 10.1. The van der Waals surface area contributed by atoms with Crippen molar-refractivity contribution in [2.75, 3.05) is 6.54 Å². The molecular formula is C25H22ClFN2O4S. The van der Waals surface area contributed by atoms with Gasteiger partial charge in [-0.1, -0.05) is 42.8 Å². The number of benzene rings is 2. The summed E-state index contributed by atoms with van der Waals surface area (Å²) in [6, 6.07) is 12.0. The summed E-state index contributed by atoms with van der Waals surface area (Å²) >= 11 is 6.98. The maximum atomic E-state index is 14.4. The van der Waals surface area contributed by atoms with E-state index >= 15 is 0 Å². The van der Waals surface area contributed by atoms with Gasteiger partial charge in [-0.3, -0.25) is 19.3 Å². The summed E-state index contributed by atoms with van der Waals surface area (Å²) in [4.78, 5) is 38.5. The number of rotatable bonds is 7. The molecule has 34 heavy (non-hydrogen) atoms. The molecular weight excluding hydrogens is 479 g/mol. The van der Waals surface area contributed by atoms with Crippen LogP contribution in [0.2, 0.25) is 5.02 Å². The highest BCUT2D eigenvalue weighted by molar-refractivity contribution is 8.18. The van der Waals surface area contributed by atoms with Crippen LogP contribution in [0, 0.1) is 5.82 Å². The average Bonchev–Trinajstić information content (AvgIpc) is 3.28. The second-order valence-corrected chi connectivity index (χ2v) is 9.31. The minimum Gasteiger partial charge on any atom is -0.461 e. The highest BCUT2D eigenvalue weighted by atomic mass is 35.5. The molecule has 1 aliphatic rings. The molecule has 6 nitrogen and oxygen atoms in total. The van der Waals surface area contributed by atoms with E-state index in [0.29, 0.717) is 22.6 Å². The monoisotopic (exact) mass is 500 g/mol. The lowest BCUT2D eigenvalue weighted by molar-refractivity contribution is -0.150. The van der Waals surface area contributed by atoms with Crippen LogP contribution in [0.4, 0.5) is 9.18 Å². The molecule has 1 aliphatic heterocycles. The molecule has 2 amide bonds. The molecule has 2 heterocycles. The molecule has 0 bridgehead atoms. The summed E-state index contributed by atoms with van der Waals surface area (Å²) in [5.74, 6) is -1.58. The quantitative estimate of drug-likeness (QED) is 0.300. The Labute approximate surface area is 205 Å². The Kier molecular flexibility index (Phi) is 7.09. The molecule has 176 valence electrons. The fraction of sp³-hybridized carbons (Fsp3) is 0.240. The number of carbonyl (C=O) groups is 3. The van der Waals surface area contributed by atoms with Gasteiger partial charge in [-0.25, -0.2) is 4.39 Å². The number of ether oxygens (including phenoxy) is 1. The second-order valence-electron chi connectivity index (χ2n) is 7.91. The number of imide groups is 1. The van der Waals surface area contributed by atoms with Crippen molar-refractivity contribution in [2.45, 2.75) is 32.9 Å². The number of para-hydroxylation sites is 1. The van der Waals surface area contributed by atoms with Crippen LogP contribution in [-0.2, 0) is 20.9 Å². The van der Waals surface area contributed by atoms with Gasteiger partial charge in [0.05, 0.1) is 17.6 Å². The Morgan fingerprint density at radius 1 is 1.21 bits per heavy atom. The minimum atomic E-state index is -0.628. The first-order valence-corrected chi connectivity index (χ1v) is 11.9. The first-order valence-electron chi connectivity index (χ1n) is 10.7. The molecule has 0 saturated carbocycles. The number of hydrogen-bond acceptors (Lipinski definition) is 5. The molecule has 9 heteroatoms. The van der Waals surface area contributed by atoms with Gasteiger partial charge in [-0.2, -0.15) is 0 Å². The summed E-state index contributed by atoms with van der Waals surface area (Å²) in [6.07, 6.45) is 3.75. The fourth-order valence-electron chi connectivity index (χ4n) is 3.63. The van der Waals surface area contributed by atoms with Gasteiger partial charge in [0, 0.05) is 33.2 Å². The maximum absolute atomic E-state index is 14.4. The summed E-state index contributed by atoms with van der Waals surface area (Å²) in [7, 11) is 0. The molecule has 0 spiro atoms. The van der Waals surface area contributed by atoms with Crippen molar-refractivity contribution in [2.24, 2.45) is 0 Å². The van der Waals surface area contributed by atoms with Crippen LogP contribution in [-0.4, -0.2) is 39.2 Å². The standard InChI is InChI=1S/C25H22ClFN2O4S/c1-3-15(2)33-23(30)14-29-24(31)22(34-25(29)32)11-16-12-28(21-10-5-4-7-17(16)21)13-18-19(26)8-6-9-20(18)27/h4-12,15H,3,13-14H2,1-2H3/b22-11+/t15-/m0/s1. The SMILES string of the molecule is CC[C@H](C)OC(=O)CN1C(=O)S/C(=C/c2cn(Cc3c(F)cccc3Cl)c3ccccc23)C1=O. The van der Waals surface area contributed by atoms with E-state index in [1.807, 2.05) is 35.8 Å². The van der Waals surface area contributed by atoms with E-state index in [1.54, 1.807) is 31.3 Å². The van der Waals surface area contributed by atoms with Gasteiger partial charge < -0.3 is 9.30 Å². The van der Waals surface area contributed by atoms with Crippen LogP contribution in [0.15, 0.2) is 53.6 Å². The van der Waals surface area contributed by atoms with Crippen molar-refractivity contribution in [1.82, 2.24) is 9.47 Å². The third-order valence-corrected chi connectivity index (χ3v) is 6.83. The number of hydrogen-bond donors (Lipinski definition) is 0. The fourth-order valence-corrected chi connectivity index (χ4v) is 4.68. The molecule has 2 aromatic carbocycles. The van der Waals surface area contributed by atoms with Gasteiger partial charge in [-0.05, 0) is 49.4 Å². The number of fused-ring (bicyclic) bond motifs is 1. The van der Waals surface area contributed by atoms with Gasteiger partial charge in [0.15, 0.2) is 0 Å². The average molecular weight is 501 g/mol. The van der Waals surface area contributed by atoms with Crippen molar-refractivity contribution < 1.29 is 23.5 Å². The number of aromatic nitrogens is 1. The number of nitrogens with zero attached hydrogens (tertiary/aromatic N) is 2. The predicted octanol–water partition coefficient (Wildman–Crippen LogP) is 5.86. The van der Waals surface area contributed by atoms with Crippen molar-refractivity contribution in [3.05, 3.63) is 75.5 Å².